The summed E-state index contributed by atoms with van der Waals surface area (Å²) in [5.41, 5.74) is 4.03. The molecule has 0 spiro atoms. The van der Waals surface area contributed by atoms with E-state index >= 15 is 0 Å². The van der Waals surface area contributed by atoms with Crippen molar-refractivity contribution < 1.29 is 9.59 Å². The van der Waals surface area contributed by atoms with Crippen molar-refractivity contribution in [3.05, 3.63) is 69.7 Å². The largest absolute Gasteiger partial charge is 0.352 e. The summed E-state index contributed by atoms with van der Waals surface area (Å²) in [4.78, 5) is 28.0. The highest BCUT2D eigenvalue weighted by Crippen LogP contribution is 2.22. The molecule has 0 aromatic heterocycles. The van der Waals surface area contributed by atoms with Gasteiger partial charge in [-0.1, -0.05) is 66.4 Å². The van der Waals surface area contributed by atoms with Crippen LogP contribution in [0.3, 0.4) is 0 Å². The number of hydrogen-bond acceptors (Lipinski definition) is 2. The van der Waals surface area contributed by atoms with E-state index < -0.39 is 6.04 Å². The first-order valence-electron chi connectivity index (χ1n) is 10.7. The van der Waals surface area contributed by atoms with Crippen LogP contribution in [0.2, 0.25) is 5.02 Å². The molecule has 160 valence electrons. The van der Waals surface area contributed by atoms with Gasteiger partial charge in [0, 0.05) is 17.6 Å². The van der Waals surface area contributed by atoms with Crippen LogP contribution < -0.4 is 5.32 Å². The van der Waals surface area contributed by atoms with E-state index in [2.05, 4.69) is 5.32 Å². The van der Waals surface area contributed by atoms with Crippen LogP contribution >= 0.6 is 11.6 Å². The maximum Gasteiger partial charge on any atom is 0.242 e. The first-order valence-corrected chi connectivity index (χ1v) is 11.1. The Balaban J connectivity index is 1.82. The summed E-state index contributed by atoms with van der Waals surface area (Å²) in [5.74, 6) is -0.166. The number of carbonyl (C=O) groups is 2. The van der Waals surface area contributed by atoms with Gasteiger partial charge in [-0.15, -0.1) is 0 Å². The van der Waals surface area contributed by atoms with Gasteiger partial charge in [0.25, 0.3) is 0 Å². The monoisotopic (exact) mass is 426 g/mol. The molecule has 2 aromatic carbocycles. The van der Waals surface area contributed by atoms with E-state index in [0.717, 1.165) is 47.9 Å². The third-order valence-corrected chi connectivity index (χ3v) is 6.38. The summed E-state index contributed by atoms with van der Waals surface area (Å²) < 4.78 is 0. The topological polar surface area (TPSA) is 49.4 Å². The number of nitrogens with one attached hydrogen (secondary N) is 1. The number of halogens is 1. The van der Waals surface area contributed by atoms with Crippen molar-refractivity contribution >= 4 is 23.4 Å². The average molecular weight is 427 g/mol. The van der Waals surface area contributed by atoms with E-state index in [1.54, 1.807) is 4.90 Å². The Labute approximate surface area is 184 Å². The van der Waals surface area contributed by atoms with E-state index in [9.17, 15) is 9.59 Å². The summed E-state index contributed by atoms with van der Waals surface area (Å²) in [6.07, 6.45) is 4.58. The Morgan fingerprint density at radius 1 is 1.10 bits per heavy atom. The standard InChI is InChI=1S/C25H31ClN2O2/c1-17-12-13-18(2)21(14-17)15-24(29)28(16-20-8-4-7-11-23(20)26)19(3)25(30)27-22-9-5-6-10-22/h4,7-8,11-14,19,22H,5-6,9-10,15-16H2,1-3H3,(H,27,30). The lowest BCUT2D eigenvalue weighted by molar-refractivity contribution is -0.140. The Hall–Kier alpha value is -2.33. The van der Waals surface area contributed by atoms with Crippen LogP contribution in [-0.2, 0) is 22.6 Å². The Bertz CT molecular complexity index is 906. The summed E-state index contributed by atoms with van der Waals surface area (Å²) in [6, 6.07) is 13.3. The smallest absolute Gasteiger partial charge is 0.242 e. The maximum atomic E-state index is 13.4. The van der Waals surface area contributed by atoms with Crippen LogP contribution in [0.1, 0.15) is 54.9 Å². The molecule has 2 amide bonds. The minimum atomic E-state index is -0.570. The molecule has 0 bridgehead atoms. The van der Waals surface area contributed by atoms with Crippen LogP contribution in [0.5, 0.6) is 0 Å². The second-order valence-corrected chi connectivity index (χ2v) is 8.79. The first-order chi connectivity index (χ1) is 14.3. The zero-order valence-electron chi connectivity index (χ0n) is 18.1. The third kappa shape index (κ3) is 5.63. The molecule has 1 aliphatic carbocycles. The Kier molecular flexibility index (Phi) is 7.54. The second-order valence-electron chi connectivity index (χ2n) is 8.39. The number of nitrogens with zero attached hydrogens (tertiary/aromatic N) is 1. The van der Waals surface area contributed by atoms with Crippen molar-refractivity contribution in [1.82, 2.24) is 10.2 Å². The summed E-state index contributed by atoms with van der Waals surface area (Å²) in [5, 5.41) is 3.74. The molecule has 1 aliphatic rings. The van der Waals surface area contributed by atoms with Gasteiger partial charge in [0.2, 0.25) is 11.8 Å². The normalized spacial score (nSPS) is 15.1. The molecule has 3 rings (SSSR count). The molecule has 1 unspecified atom stereocenters. The van der Waals surface area contributed by atoms with E-state index in [0.29, 0.717) is 11.6 Å². The van der Waals surface area contributed by atoms with Gasteiger partial charge in [0.05, 0.1) is 6.42 Å². The van der Waals surface area contributed by atoms with Gasteiger partial charge in [-0.2, -0.15) is 0 Å². The second kappa shape index (κ2) is 10.1. The summed E-state index contributed by atoms with van der Waals surface area (Å²) >= 11 is 6.36. The van der Waals surface area contributed by atoms with Gasteiger partial charge >= 0.3 is 0 Å². The van der Waals surface area contributed by atoms with Crippen molar-refractivity contribution in [2.24, 2.45) is 0 Å². The number of aryl methyl sites for hydroxylation is 2. The van der Waals surface area contributed by atoms with Gasteiger partial charge in [0.15, 0.2) is 0 Å². The minimum absolute atomic E-state index is 0.0716. The number of rotatable bonds is 7. The first kappa shape index (κ1) is 22.4. The molecule has 1 atom stereocenters. The SMILES string of the molecule is Cc1ccc(C)c(CC(=O)N(Cc2ccccc2Cl)C(C)C(=O)NC2CCCC2)c1. The van der Waals surface area contributed by atoms with Crippen LogP contribution in [0.25, 0.3) is 0 Å². The Morgan fingerprint density at radius 3 is 2.50 bits per heavy atom. The number of carbonyl (C=O) groups excluding carboxylic acids is 2. The lowest BCUT2D eigenvalue weighted by atomic mass is 10.0. The van der Waals surface area contributed by atoms with Crippen molar-refractivity contribution in [2.45, 2.75) is 71.5 Å². The third-order valence-electron chi connectivity index (χ3n) is 6.01. The lowest BCUT2D eigenvalue weighted by Gasteiger charge is -2.30. The molecule has 0 radical (unpaired) electrons. The zero-order chi connectivity index (χ0) is 21.7. The highest BCUT2D eigenvalue weighted by molar-refractivity contribution is 6.31. The van der Waals surface area contributed by atoms with Gasteiger partial charge in [0.1, 0.15) is 6.04 Å². The van der Waals surface area contributed by atoms with Gasteiger partial charge < -0.3 is 10.2 Å². The molecule has 5 heteroatoms. The van der Waals surface area contributed by atoms with E-state index in [-0.39, 0.29) is 24.3 Å². The predicted octanol–water partition coefficient (Wildman–Crippen LogP) is 4.98. The number of amides is 2. The van der Waals surface area contributed by atoms with E-state index in [1.807, 2.05) is 63.2 Å². The fourth-order valence-corrected chi connectivity index (χ4v) is 4.24. The number of benzene rings is 2. The fraction of sp³-hybridized carbons (Fsp3) is 0.440. The zero-order valence-corrected chi connectivity index (χ0v) is 18.8. The molecule has 0 heterocycles. The van der Waals surface area contributed by atoms with Crippen LogP contribution in [0, 0.1) is 13.8 Å². The van der Waals surface area contributed by atoms with Crippen molar-refractivity contribution in [3.8, 4) is 0 Å². The molecule has 0 saturated heterocycles. The predicted molar refractivity (Wildman–Crippen MR) is 121 cm³/mol. The molecular formula is C25H31ClN2O2. The molecule has 4 nitrogen and oxygen atoms in total. The average Bonchev–Trinajstić information content (AvgIpc) is 3.22. The molecule has 1 fully saturated rings. The molecule has 0 aliphatic heterocycles. The highest BCUT2D eigenvalue weighted by atomic mass is 35.5. The molecule has 1 saturated carbocycles. The van der Waals surface area contributed by atoms with Gasteiger partial charge in [-0.25, -0.2) is 0 Å². The van der Waals surface area contributed by atoms with Crippen molar-refractivity contribution in [2.75, 3.05) is 0 Å². The fourth-order valence-electron chi connectivity index (χ4n) is 4.04. The number of hydrogen-bond donors (Lipinski definition) is 1. The van der Waals surface area contributed by atoms with Crippen molar-refractivity contribution in [3.63, 3.8) is 0 Å². The van der Waals surface area contributed by atoms with Gasteiger partial charge in [-0.3, -0.25) is 9.59 Å². The maximum absolute atomic E-state index is 13.4. The van der Waals surface area contributed by atoms with Crippen LogP contribution in [0.15, 0.2) is 42.5 Å². The molecule has 1 N–H and O–H groups in total. The summed E-state index contributed by atoms with van der Waals surface area (Å²) in [6.45, 7) is 6.15. The molecule has 30 heavy (non-hydrogen) atoms. The highest BCUT2D eigenvalue weighted by Gasteiger charge is 2.29. The lowest BCUT2D eigenvalue weighted by Crippen LogP contribution is -2.50. The van der Waals surface area contributed by atoms with Crippen molar-refractivity contribution in [1.29, 1.82) is 0 Å². The quantitative estimate of drug-likeness (QED) is 0.679. The minimum Gasteiger partial charge on any atom is -0.352 e. The van der Waals surface area contributed by atoms with E-state index in [1.165, 1.54) is 0 Å². The Morgan fingerprint density at radius 2 is 1.80 bits per heavy atom. The molecular weight excluding hydrogens is 396 g/mol. The van der Waals surface area contributed by atoms with Crippen LogP contribution in [-0.4, -0.2) is 28.8 Å². The summed E-state index contributed by atoms with van der Waals surface area (Å²) in [7, 11) is 0. The van der Waals surface area contributed by atoms with E-state index in [4.69, 9.17) is 11.6 Å². The molecule has 2 aromatic rings. The van der Waals surface area contributed by atoms with Gasteiger partial charge in [-0.05, 0) is 56.4 Å². The van der Waals surface area contributed by atoms with Crippen LogP contribution in [0.4, 0.5) is 0 Å².